The summed E-state index contributed by atoms with van der Waals surface area (Å²) in [7, 11) is -0.630. The third-order valence-corrected chi connectivity index (χ3v) is 5.09. The summed E-state index contributed by atoms with van der Waals surface area (Å²) in [5, 5.41) is 0. The van der Waals surface area contributed by atoms with Crippen molar-refractivity contribution in [1.29, 1.82) is 0 Å². The summed E-state index contributed by atoms with van der Waals surface area (Å²) < 4.78 is 5.62. The number of rotatable bonds is 2. The molecule has 0 aromatic carbocycles. The quantitative estimate of drug-likeness (QED) is 0.614. The van der Waals surface area contributed by atoms with E-state index in [4.69, 9.17) is 4.18 Å². The Morgan fingerprint density at radius 2 is 2.44 bits per heavy atom. The summed E-state index contributed by atoms with van der Waals surface area (Å²) in [6, 6.07) is 0. The average molecular weight is 166 g/mol. The molecular formula is C6H14OS2. The van der Waals surface area contributed by atoms with Crippen molar-refractivity contribution in [3.63, 3.8) is 0 Å². The van der Waals surface area contributed by atoms with Crippen LogP contribution in [0.25, 0.3) is 0 Å². The molecule has 0 spiro atoms. The van der Waals surface area contributed by atoms with E-state index >= 15 is 0 Å². The van der Waals surface area contributed by atoms with Crippen LogP contribution in [0, 0.1) is 0 Å². The second kappa shape index (κ2) is 3.17. The summed E-state index contributed by atoms with van der Waals surface area (Å²) in [6.45, 7) is 0.986. The van der Waals surface area contributed by atoms with Crippen LogP contribution in [0.2, 0.25) is 0 Å². The fraction of sp³-hybridized carbons (Fsp3) is 1.00. The molecule has 9 heavy (non-hydrogen) atoms. The summed E-state index contributed by atoms with van der Waals surface area (Å²) in [6.07, 6.45) is 3.52. The molecule has 1 aliphatic rings. The fourth-order valence-corrected chi connectivity index (χ4v) is 4.27. The molecule has 1 fully saturated rings. The van der Waals surface area contributed by atoms with Crippen molar-refractivity contribution in [3.05, 3.63) is 0 Å². The Morgan fingerprint density at radius 3 is 2.89 bits per heavy atom. The standard InChI is InChI=1S/C6H14OS2/c1-9(6-4-8)5-2-3-7-9/h8H,2-6H2,1H3. The van der Waals surface area contributed by atoms with Gasteiger partial charge in [0.05, 0.1) is 6.61 Å². The first-order valence-electron chi connectivity index (χ1n) is 3.26. The van der Waals surface area contributed by atoms with Crippen molar-refractivity contribution < 1.29 is 4.18 Å². The first-order chi connectivity index (χ1) is 4.27. The van der Waals surface area contributed by atoms with Gasteiger partial charge < -0.3 is 4.18 Å². The van der Waals surface area contributed by atoms with Crippen LogP contribution >= 0.6 is 22.9 Å². The van der Waals surface area contributed by atoms with Crippen LogP contribution in [-0.2, 0) is 4.18 Å². The number of hydrogen-bond acceptors (Lipinski definition) is 2. The first kappa shape index (κ1) is 7.76. The van der Waals surface area contributed by atoms with Gasteiger partial charge in [0.15, 0.2) is 0 Å². The summed E-state index contributed by atoms with van der Waals surface area (Å²) in [5.41, 5.74) is 0. The van der Waals surface area contributed by atoms with Crippen molar-refractivity contribution in [2.24, 2.45) is 0 Å². The lowest BCUT2D eigenvalue weighted by Gasteiger charge is -2.28. The minimum Gasteiger partial charge on any atom is -0.337 e. The highest BCUT2D eigenvalue weighted by molar-refractivity contribution is 8.29. The van der Waals surface area contributed by atoms with Crippen molar-refractivity contribution in [1.82, 2.24) is 0 Å². The van der Waals surface area contributed by atoms with E-state index in [1.165, 1.54) is 17.9 Å². The maximum absolute atomic E-state index is 5.62. The summed E-state index contributed by atoms with van der Waals surface area (Å²) >= 11 is 4.19. The van der Waals surface area contributed by atoms with Gasteiger partial charge >= 0.3 is 0 Å². The molecule has 0 aliphatic carbocycles. The van der Waals surface area contributed by atoms with Crippen molar-refractivity contribution >= 4 is 22.9 Å². The van der Waals surface area contributed by atoms with Crippen LogP contribution in [0.5, 0.6) is 0 Å². The highest BCUT2D eigenvalue weighted by Gasteiger charge is 2.22. The second-order valence-electron chi connectivity index (χ2n) is 2.49. The van der Waals surface area contributed by atoms with Gasteiger partial charge in [-0.1, -0.05) is 0 Å². The van der Waals surface area contributed by atoms with Gasteiger partial charge in [-0.05, 0) is 18.4 Å². The fourth-order valence-electron chi connectivity index (χ4n) is 1.04. The summed E-state index contributed by atoms with van der Waals surface area (Å²) in [5.74, 6) is 3.45. The van der Waals surface area contributed by atoms with Gasteiger partial charge in [0.2, 0.25) is 0 Å². The van der Waals surface area contributed by atoms with Gasteiger partial charge in [-0.3, -0.25) is 0 Å². The monoisotopic (exact) mass is 166 g/mol. The van der Waals surface area contributed by atoms with E-state index in [9.17, 15) is 0 Å². The first-order valence-corrected chi connectivity index (χ1v) is 6.19. The van der Waals surface area contributed by atoms with Gasteiger partial charge in [0.1, 0.15) is 0 Å². The van der Waals surface area contributed by atoms with Crippen molar-refractivity contribution in [3.8, 4) is 0 Å². The molecule has 1 nitrogen and oxygen atoms in total. The number of thiol groups is 1. The molecule has 1 saturated heterocycles. The van der Waals surface area contributed by atoms with E-state index in [2.05, 4.69) is 18.9 Å². The minimum absolute atomic E-state index is 0.630. The van der Waals surface area contributed by atoms with E-state index < -0.39 is 10.3 Å². The van der Waals surface area contributed by atoms with Crippen LogP contribution in [-0.4, -0.2) is 30.1 Å². The van der Waals surface area contributed by atoms with Crippen LogP contribution in [0.15, 0.2) is 0 Å². The molecule has 1 heterocycles. The topological polar surface area (TPSA) is 9.23 Å². The molecule has 3 heteroatoms. The zero-order chi connectivity index (χ0) is 6.74. The normalized spacial score (nSPS) is 42.4. The van der Waals surface area contributed by atoms with E-state index in [0.717, 1.165) is 12.4 Å². The Kier molecular flexibility index (Phi) is 2.73. The predicted octanol–water partition coefficient (Wildman–Crippen LogP) is 1.69. The zero-order valence-corrected chi connectivity index (χ0v) is 7.51. The van der Waals surface area contributed by atoms with E-state index in [-0.39, 0.29) is 0 Å². The molecular weight excluding hydrogens is 152 g/mol. The molecule has 0 saturated carbocycles. The molecule has 1 aliphatic heterocycles. The molecule has 0 bridgehead atoms. The lowest BCUT2D eigenvalue weighted by molar-refractivity contribution is 0.391. The molecule has 1 rings (SSSR count). The van der Waals surface area contributed by atoms with Crippen LogP contribution in [0.1, 0.15) is 6.42 Å². The van der Waals surface area contributed by atoms with Gasteiger partial charge in [-0.15, -0.1) is 10.3 Å². The third kappa shape index (κ3) is 2.06. The van der Waals surface area contributed by atoms with Gasteiger partial charge in [0, 0.05) is 11.5 Å². The van der Waals surface area contributed by atoms with E-state index in [1.807, 2.05) is 0 Å². The minimum atomic E-state index is -0.630. The highest BCUT2D eigenvalue weighted by Crippen LogP contribution is 2.49. The van der Waals surface area contributed by atoms with Crippen LogP contribution in [0.4, 0.5) is 0 Å². The van der Waals surface area contributed by atoms with Gasteiger partial charge in [-0.2, -0.15) is 12.6 Å². The second-order valence-corrected chi connectivity index (χ2v) is 6.36. The Hall–Kier alpha value is 0.660. The van der Waals surface area contributed by atoms with E-state index in [1.54, 1.807) is 0 Å². The summed E-state index contributed by atoms with van der Waals surface area (Å²) in [4.78, 5) is 0. The van der Waals surface area contributed by atoms with Crippen molar-refractivity contribution in [2.75, 3.05) is 30.1 Å². The molecule has 1 atom stereocenters. The third-order valence-electron chi connectivity index (χ3n) is 1.61. The lowest BCUT2D eigenvalue weighted by Crippen LogP contribution is -2.04. The molecule has 0 amide bonds. The Balaban J connectivity index is 2.32. The van der Waals surface area contributed by atoms with E-state index in [0.29, 0.717) is 0 Å². The maximum atomic E-state index is 5.62. The van der Waals surface area contributed by atoms with Crippen LogP contribution in [0.3, 0.4) is 0 Å². The van der Waals surface area contributed by atoms with Crippen molar-refractivity contribution in [2.45, 2.75) is 6.42 Å². The van der Waals surface area contributed by atoms with Gasteiger partial charge in [0.25, 0.3) is 0 Å². The highest BCUT2D eigenvalue weighted by atomic mass is 32.3. The molecule has 0 aromatic heterocycles. The molecule has 0 aromatic rings. The average Bonchev–Trinajstić information content (AvgIpc) is 2.16. The molecule has 56 valence electrons. The maximum Gasteiger partial charge on any atom is 0.0600 e. The zero-order valence-electron chi connectivity index (χ0n) is 5.80. The van der Waals surface area contributed by atoms with Crippen LogP contribution < -0.4 is 0 Å². The smallest absolute Gasteiger partial charge is 0.0600 e. The largest absolute Gasteiger partial charge is 0.337 e. The predicted molar refractivity (Wildman–Crippen MR) is 47.7 cm³/mol. The number of hydrogen-bond donors (Lipinski definition) is 1. The van der Waals surface area contributed by atoms with Gasteiger partial charge in [-0.25, -0.2) is 0 Å². The lowest BCUT2D eigenvalue weighted by atomic mass is 10.5. The Labute approximate surface area is 64.1 Å². The Bertz CT molecular complexity index is 89.1. The SMILES string of the molecule is CS1(CCS)CCCO1. The Morgan fingerprint density at radius 1 is 1.67 bits per heavy atom. The molecule has 1 unspecified atom stereocenters. The molecule has 0 N–H and O–H groups in total. The molecule has 0 radical (unpaired) electrons.